The van der Waals surface area contributed by atoms with Gasteiger partial charge in [0.25, 0.3) is 0 Å². The summed E-state index contributed by atoms with van der Waals surface area (Å²) in [6.07, 6.45) is 0. The minimum Gasteiger partial charge on any atom is -0.259 e. The van der Waals surface area contributed by atoms with E-state index in [9.17, 15) is 0 Å². The molecule has 0 aliphatic carbocycles. The molecule has 0 bridgehead atoms. The Bertz CT molecular complexity index is 704. The summed E-state index contributed by atoms with van der Waals surface area (Å²) in [4.78, 5) is 4.54. The molecule has 3 nitrogen and oxygen atoms in total. The van der Waals surface area contributed by atoms with Gasteiger partial charge in [-0.2, -0.15) is 5.10 Å². The molecule has 0 saturated carbocycles. The molecule has 0 radical (unpaired) electrons. The molecule has 0 amide bonds. The number of aromatic amines is 1. The fourth-order valence-corrected chi connectivity index (χ4v) is 2.59. The zero-order valence-corrected chi connectivity index (χ0v) is 12.0. The van der Waals surface area contributed by atoms with Crippen molar-refractivity contribution in [1.29, 1.82) is 0 Å². The van der Waals surface area contributed by atoms with Gasteiger partial charge in [0.1, 0.15) is 0 Å². The SMILES string of the molecule is Cc1ccc(-c2nc(-c3ccccc3)n[nH]2)c(Br)c1. The zero-order valence-electron chi connectivity index (χ0n) is 10.4. The van der Waals surface area contributed by atoms with E-state index in [1.807, 2.05) is 36.4 Å². The summed E-state index contributed by atoms with van der Waals surface area (Å²) in [5.74, 6) is 1.48. The number of H-pyrrole nitrogens is 1. The second kappa shape index (κ2) is 4.97. The molecule has 3 aromatic rings. The first kappa shape index (κ1) is 12.1. The van der Waals surface area contributed by atoms with E-state index in [1.54, 1.807) is 0 Å². The van der Waals surface area contributed by atoms with Crippen LogP contribution in [0.5, 0.6) is 0 Å². The van der Waals surface area contributed by atoms with Gasteiger partial charge >= 0.3 is 0 Å². The highest BCUT2D eigenvalue weighted by atomic mass is 79.9. The van der Waals surface area contributed by atoms with Gasteiger partial charge in [-0.05, 0) is 24.6 Å². The fourth-order valence-electron chi connectivity index (χ4n) is 1.91. The molecule has 0 spiro atoms. The number of nitrogens with one attached hydrogen (secondary N) is 1. The van der Waals surface area contributed by atoms with Crippen LogP contribution in [0.2, 0.25) is 0 Å². The van der Waals surface area contributed by atoms with Crippen LogP contribution in [0.25, 0.3) is 22.8 Å². The molecule has 0 aliphatic heterocycles. The topological polar surface area (TPSA) is 41.6 Å². The van der Waals surface area contributed by atoms with Crippen LogP contribution in [0.15, 0.2) is 53.0 Å². The lowest BCUT2D eigenvalue weighted by atomic mass is 10.1. The van der Waals surface area contributed by atoms with E-state index in [4.69, 9.17) is 0 Å². The maximum atomic E-state index is 4.54. The molecule has 2 aromatic carbocycles. The molecule has 1 aromatic heterocycles. The molecule has 94 valence electrons. The van der Waals surface area contributed by atoms with Gasteiger partial charge in [0.05, 0.1) is 0 Å². The average Bonchev–Trinajstić information content (AvgIpc) is 2.89. The van der Waals surface area contributed by atoms with E-state index in [-0.39, 0.29) is 0 Å². The molecule has 0 unspecified atom stereocenters. The first-order valence-corrected chi connectivity index (χ1v) is 6.78. The molecule has 3 rings (SSSR count). The van der Waals surface area contributed by atoms with Crippen LogP contribution in [0.3, 0.4) is 0 Å². The van der Waals surface area contributed by atoms with Gasteiger partial charge in [0.2, 0.25) is 0 Å². The van der Waals surface area contributed by atoms with Crippen molar-refractivity contribution >= 4 is 15.9 Å². The Morgan fingerprint density at radius 3 is 2.58 bits per heavy atom. The van der Waals surface area contributed by atoms with Crippen molar-refractivity contribution in [1.82, 2.24) is 15.2 Å². The van der Waals surface area contributed by atoms with E-state index in [0.29, 0.717) is 5.82 Å². The molecular weight excluding hydrogens is 302 g/mol. The van der Waals surface area contributed by atoms with Gasteiger partial charge in [-0.25, -0.2) is 4.98 Å². The molecule has 0 atom stereocenters. The molecule has 1 heterocycles. The Kier molecular flexibility index (Phi) is 3.17. The number of nitrogens with zero attached hydrogens (tertiary/aromatic N) is 2. The van der Waals surface area contributed by atoms with E-state index >= 15 is 0 Å². The van der Waals surface area contributed by atoms with Crippen LogP contribution < -0.4 is 0 Å². The first-order valence-electron chi connectivity index (χ1n) is 5.98. The Hall–Kier alpha value is -1.94. The van der Waals surface area contributed by atoms with Crippen LogP contribution in [-0.2, 0) is 0 Å². The van der Waals surface area contributed by atoms with Crippen molar-refractivity contribution in [3.05, 3.63) is 58.6 Å². The van der Waals surface area contributed by atoms with Crippen molar-refractivity contribution in [2.24, 2.45) is 0 Å². The summed E-state index contributed by atoms with van der Waals surface area (Å²) in [5.41, 5.74) is 3.23. The number of hydrogen-bond donors (Lipinski definition) is 1. The summed E-state index contributed by atoms with van der Waals surface area (Å²) < 4.78 is 1.02. The fraction of sp³-hybridized carbons (Fsp3) is 0.0667. The van der Waals surface area contributed by atoms with Gasteiger partial charge in [-0.15, -0.1) is 0 Å². The third-order valence-electron chi connectivity index (χ3n) is 2.90. The van der Waals surface area contributed by atoms with E-state index in [2.05, 4.69) is 50.2 Å². The smallest absolute Gasteiger partial charge is 0.181 e. The van der Waals surface area contributed by atoms with Gasteiger partial charge in [0.15, 0.2) is 11.6 Å². The van der Waals surface area contributed by atoms with E-state index in [1.165, 1.54) is 5.56 Å². The van der Waals surface area contributed by atoms with Gasteiger partial charge < -0.3 is 0 Å². The predicted octanol–water partition coefficient (Wildman–Crippen LogP) is 4.21. The van der Waals surface area contributed by atoms with E-state index in [0.717, 1.165) is 21.4 Å². The highest BCUT2D eigenvalue weighted by Gasteiger charge is 2.10. The lowest BCUT2D eigenvalue weighted by Crippen LogP contribution is -1.84. The molecule has 19 heavy (non-hydrogen) atoms. The number of aromatic nitrogens is 3. The highest BCUT2D eigenvalue weighted by Crippen LogP contribution is 2.27. The number of rotatable bonds is 2. The highest BCUT2D eigenvalue weighted by molar-refractivity contribution is 9.10. The molecule has 0 saturated heterocycles. The number of aryl methyl sites for hydroxylation is 1. The Morgan fingerprint density at radius 2 is 1.84 bits per heavy atom. The Balaban J connectivity index is 2.02. The second-order valence-electron chi connectivity index (χ2n) is 4.36. The number of benzene rings is 2. The maximum absolute atomic E-state index is 4.54. The van der Waals surface area contributed by atoms with Crippen LogP contribution >= 0.6 is 15.9 Å². The number of hydrogen-bond acceptors (Lipinski definition) is 2. The lowest BCUT2D eigenvalue weighted by Gasteiger charge is -2.01. The largest absolute Gasteiger partial charge is 0.259 e. The third kappa shape index (κ3) is 2.44. The summed E-state index contributed by atoms with van der Waals surface area (Å²) in [7, 11) is 0. The normalized spacial score (nSPS) is 10.6. The first-order chi connectivity index (χ1) is 9.24. The van der Waals surface area contributed by atoms with Crippen molar-refractivity contribution in [2.45, 2.75) is 6.92 Å². The van der Waals surface area contributed by atoms with Crippen LogP contribution in [-0.4, -0.2) is 15.2 Å². The van der Waals surface area contributed by atoms with Crippen molar-refractivity contribution in [2.75, 3.05) is 0 Å². The van der Waals surface area contributed by atoms with Crippen LogP contribution in [0.1, 0.15) is 5.56 Å². The molecular formula is C15H12BrN3. The van der Waals surface area contributed by atoms with Gasteiger partial charge in [-0.1, -0.05) is 52.3 Å². The average molecular weight is 314 g/mol. The van der Waals surface area contributed by atoms with Crippen molar-refractivity contribution < 1.29 is 0 Å². The van der Waals surface area contributed by atoms with E-state index < -0.39 is 0 Å². The van der Waals surface area contributed by atoms with Crippen molar-refractivity contribution in [3.63, 3.8) is 0 Å². The quantitative estimate of drug-likeness (QED) is 0.770. The Morgan fingerprint density at radius 1 is 1.05 bits per heavy atom. The minimum absolute atomic E-state index is 0.711. The Labute approximate surface area is 119 Å². The predicted molar refractivity (Wildman–Crippen MR) is 79.7 cm³/mol. The van der Waals surface area contributed by atoms with Gasteiger partial charge in [-0.3, -0.25) is 5.10 Å². The number of halogens is 1. The zero-order chi connectivity index (χ0) is 13.2. The third-order valence-corrected chi connectivity index (χ3v) is 3.55. The lowest BCUT2D eigenvalue weighted by molar-refractivity contribution is 1.10. The second-order valence-corrected chi connectivity index (χ2v) is 5.21. The standard InChI is InChI=1S/C15H12BrN3/c1-10-7-8-12(13(16)9-10)15-17-14(18-19-15)11-5-3-2-4-6-11/h2-9H,1H3,(H,17,18,19). The molecule has 1 N–H and O–H groups in total. The van der Waals surface area contributed by atoms with Gasteiger partial charge in [0, 0.05) is 15.6 Å². The van der Waals surface area contributed by atoms with Crippen LogP contribution in [0.4, 0.5) is 0 Å². The van der Waals surface area contributed by atoms with Crippen molar-refractivity contribution in [3.8, 4) is 22.8 Å². The molecule has 0 fully saturated rings. The summed E-state index contributed by atoms with van der Waals surface area (Å²) in [5, 5.41) is 7.26. The summed E-state index contributed by atoms with van der Waals surface area (Å²) in [6, 6.07) is 16.1. The monoisotopic (exact) mass is 313 g/mol. The summed E-state index contributed by atoms with van der Waals surface area (Å²) >= 11 is 3.56. The maximum Gasteiger partial charge on any atom is 0.181 e. The molecule has 4 heteroatoms. The molecule has 0 aliphatic rings. The minimum atomic E-state index is 0.711. The van der Waals surface area contributed by atoms with Crippen LogP contribution in [0, 0.1) is 6.92 Å². The summed E-state index contributed by atoms with van der Waals surface area (Å²) in [6.45, 7) is 2.06.